The van der Waals surface area contributed by atoms with Gasteiger partial charge in [0, 0.05) is 45.7 Å². The van der Waals surface area contributed by atoms with Crippen molar-refractivity contribution in [3.05, 3.63) is 53.6 Å². The summed E-state index contributed by atoms with van der Waals surface area (Å²) in [6.07, 6.45) is -1.11. The SMILES string of the molecule is COc1ccc([C@@H]2Cc3cc(OC(=O)N(C)C)ccc3N(CCN(C)C)C(=O)[C@@H]2OC(C)=O)cc1. The van der Waals surface area contributed by atoms with Crippen molar-refractivity contribution in [3.63, 3.8) is 0 Å². The highest BCUT2D eigenvalue weighted by Gasteiger charge is 2.40. The highest BCUT2D eigenvalue weighted by Crippen LogP contribution is 2.38. The summed E-state index contributed by atoms with van der Waals surface area (Å²) in [5.74, 6) is -0.202. The Hall–Kier alpha value is -3.59. The predicted octanol–water partition coefficient (Wildman–Crippen LogP) is 2.92. The van der Waals surface area contributed by atoms with Crippen LogP contribution in [0, 0.1) is 0 Å². The van der Waals surface area contributed by atoms with Crippen molar-refractivity contribution in [1.29, 1.82) is 0 Å². The minimum Gasteiger partial charge on any atom is -0.497 e. The van der Waals surface area contributed by atoms with E-state index < -0.39 is 24.1 Å². The van der Waals surface area contributed by atoms with Gasteiger partial charge in [0.25, 0.3) is 5.91 Å². The van der Waals surface area contributed by atoms with Crippen LogP contribution in [0.2, 0.25) is 0 Å². The minimum atomic E-state index is -1.01. The number of hydrogen-bond donors (Lipinski definition) is 0. The Kier molecular flexibility index (Phi) is 8.34. The quantitative estimate of drug-likeness (QED) is 0.560. The van der Waals surface area contributed by atoms with Crippen molar-refractivity contribution in [2.24, 2.45) is 0 Å². The molecule has 3 rings (SSSR count). The Morgan fingerprint density at radius 2 is 1.69 bits per heavy atom. The molecule has 0 aliphatic carbocycles. The summed E-state index contributed by atoms with van der Waals surface area (Å²) in [6, 6.07) is 12.6. The van der Waals surface area contributed by atoms with Gasteiger partial charge >= 0.3 is 12.1 Å². The number of anilines is 1. The molecule has 2 atom stereocenters. The first kappa shape index (κ1) is 26.0. The number of amides is 2. The van der Waals surface area contributed by atoms with Crippen LogP contribution in [0.1, 0.15) is 24.0 Å². The monoisotopic (exact) mass is 483 g/mol. The fourth-order valence-electron chi connectivity index (χ4n) is 4.02. The first-order chi connectivity index (χ1) is 16.6. The van der Waals surface area contributed by atoms with E-state index in [1.165, 1.54) is 11.8 Å². The van der Waals surface area contributed by atoms with Gasteiger partial charge in [-0.3, -0.25) is 9.59 Å². The van der Waals surface area contributed by atoms with Gasteiger partial charge in [0.2, 0.25) is 0 Å². The molecule has 1 heterocycles. The lowest BCUT2D eigenvalue weighted by Gasteiger charge is -2.29. The molecule has 0 saturated heterocycles. The second-order valence-corrected chi connectivity index (χ2v) is 8.96. The second kappa shape index (κ2) is 11.2. The summed E-state index contributed by atoms with van der Waals surface area (Å²) in [4.78, 5) is 43.0. The number of likely N-dealkylation sites (N-methyl/N-ethyl adjacent to an activating group) is 1. The second-order valence-electron chi connectivity index (χ2n) is 8.96. The van der Waals surface area contributed by atoms with Gasteiger partial charge in [0.05, 0.1) is 7.11 Å². The van der Waals surface area contributed by atoms with Crippen LogP contribution in [-0.2, 0) is 20.7 Å². The van der Waals surface area contributed by atoms with Gasteiger partial charge in [-0.05, 0) is 62.0 Å². The number of rotatable bonds is 7. The number of carbonyl (C=O) groups excluding carboxylic acids is 3. The predicted molar refractivity (Wildman–Crippen MR) is 132 cm³/mol. The number of benzene rings is 2. The average Bonchev–Trinajstić information content (AvgIpc) is 2.92. The van der Waals surface area contributed by atoms with Crippen molar-refractivity contribution in [2.45, 2.75) is 25.4 Å². The van der Waals surface area contributed by atoms with Crippen LogP contribution in [0.4, 0.5) is 10.5 Å². The fraction of sp³-hybridized carbons (Fsp3) is 0.423. The molecule has 35 heavy (non-hydrogen) atoms. The first-order valence-electron chi connectivity index (χ1n) is 11.4. The number of ether oxygens (including phenoxy) is 3. The van der Waals surface area contributed by atoms with Crippen LogP contribution in [0.15, 0.2) is 42.5 Å². The van der Waals surface area contributed by atoms with Crippen LogP contribution in [-0.4, -0.2) is 82.3 Å². The Labute approximate surface area is 206 Å². The van der Waals surface area contributed by atoms with Gasteiger partial charge in [-0.15, -0.1) is 0 Å². The summed E-state index contributed by atoms with van der Waals surface area (Å²) in [7, 11) is 8.66. The van der Waals surface area contributed by atoms with Gasteiger partial charge in [-0.2, -0.15) is 0 Å². The normalized spacial score (nSPS) is 17.5. The van der Waals surface area contributed by atoms with E-state index in [9.17, 15) is 14.4 Å². The van der Waals surface area contributed by atoms with E-state index in [1.54, 1.807) is 44.3 Å². The van der Waals surface area contributed by atoms with E-state index in [4.69, 9.17) is 14.2 Å². The number of methoxy groups -OCH3 is 1. The molecule has 0 unspecified atom stereocenters. The number of nitrogens with zero attached hydrogens (tertiary/aromatic N) is 3. The zero-order valence-corrected chi connectivity index (χ0v) is 21.1. The van der Waals surface area contributed by atoms with E-state index in [0.717, 1.165) is 11.1 Å². The average molecular weight is 484 g/mol. The zero-order chi connectivity index (χ0) is 25.7. The van der Waals surface area contributed by atoms with Gasteiger partial charge < -0.3 is 28.9 Å². The maximum atomic E-state index is 13.8. The third-order valence-electron chi connectivity index (χ3n) is 5.83. The molecule has 0 bridgehead atoms. The van der Waals surface area contributed by atoms with Crippen molar-refractivity contribution in [2.75, 3.05) is 53.3 Å². The molecule has 9 heteroatoms. The highest BCUT2D eigenvalue weighted by molar-refractivity contribution is 6.00. The van der Waals surface area contributed by atoms with Crippen molar-refractivity contribution < 1.29 is 28.6 Å². The van der Waals surface area contributed by atoms with E-state index >= 15 is 0 Å². The Balaban J connectivity index is 2.11. The summed E-state index contributed by atoms with van der Waals surface area (Å²) in [6.45, 7) is 2.32. The van der Waals surface area contributed by atoms with Gasteiger partial charge in [-0.1, -0.05) is 12.1 Å². The Morgan fingerprint density at radius 3 is 2.26 bits per heavy atom. The number of esters is 1. The van der Waals surface area contributed by atoms with E-state index in [2.05, 4.69) is 0 Å². The standard InChI is InChI=1S/C26H33N3O6/c1-17(30)34-24-22(18-7-9-20(33-6)10-8-18)16-19-15-21(35-26(32)28(4)5)11-12-23(19)29(25(24)31)14-13-27(2)3/h7-12,15,22,24H,13-14,16H2,1-6H3/t22-,24+/m0/s1. The molecule has 9 nitrogen and oxygen atoms in total. The molecule has 0 fully saturated rings. The lowest BCUT2D eigenvalue weighted by atomic mass is 9.87. The molecule has 188 valence electrons. The Morgan fingerprint density at radius 1 is 1.03 bits per heavy atom. The number of hydrogen-bond acceptors (Lipinski definition) is 7. The molecule has 0 spiro atoms. The molecular formula is C26H33N3O6. The van der Waals surface area contributed by atoms with Crippen LogP contribution in [0.25, 0.3) is 0 Å². The van der Waals surface area contributed by atoms with Crippen molar-refractivity contribution >= 4 is 23.7 Å². The molecule has 2 amide bonds. The summed E-state index contributed by atoms with van der Waals surface area (Å²) >= 11 is 0. The molecule has 0 aromatic heterocycles. The van der Waals surface area contributed by atoms with E-state index in [0.29, 0.717) is 36.7 Å². The maximum absolute atomic E-state index is 13.8. The lowest BCUT2D eigenvalue weighted by molar-refractivity contribution is -0.154. The van der Waals surface area contributed by atoms with Crippen LogP contribution < -0.4 is 14.4 Å². The molecule has 2 aromatic rings. The summed E-state index contributed by atoms with van der Waals surface area (Å²) in [5.41, 5.74) is 2.35. The maximum Gasteiger partial charge on any atom is 0.414 e. The summed E-state index contributed by atoms with van der Waals surface area (Å²) in [5, 5.41) is 0. The molecule has 1 aliphatic heterocycles. The largest absolute Gasteiger partial charge is 0.497 e. The fourth-order valence-corrected chi connectivity index (χ4v) is 4.02. The smallest absolute Gasteiger partial charge is 0.414 e. The van der Waals surface area contributed by atoms with Crippen molar-refractivity contribution in [3.8, 4) is 11.5 Å². The molecule has 0 radical (unpaired) electrons. The number of fused-ring (bicyclic) bond motifs is 1. The van der Waals surface area contributed by atoms with Crippen LogP contribution in [0.3, 0.4) is 0 Å². The third-order valence-corrected chi connectivity index (χ3v) is 5.83. The zero-order valence-electron chi connectivity index (χ0n) is 21.1. The summed E-state index contributed by atoms with van der Waals surface area (Å²) < 4.78 is 16.4. The van der Waals surface area contributed by atoms with Gasteiger partial charge in [-0.25, -0.2) is 4.79 Å². The van der Waals surface area contributed by atoms with Gasteiger partial charge in [0.15, 0.2) is 6.10 Å². The van der Waals surface area contributed by atoms with E-state index in [-0.39, 0.29) is 5.91 Å². The molecule has 0 saturated carbocycles. The molecule has 1 aliphatic rings. The first-order valence-corrected chi connectivity index (χ1v) is 11.4. The van der Waals surface area contributed by atoms with Crippen LogP contribution >= 0.6 is 0 Å². The topological polar surface area (TPSA) is 88.6 Å². The van der Waals surface area contributed by atoms with Crippen LogP contribution in [0.5, 0.6) is 11.5 Å². The number of carbonyl (C=O) groups is 3. The molecular weight excluding hydrogens is 450 g/mol. The molecule has 0 N–H and O–H groups in total. The third kappa shape index (κ3) is 6.30. The highest BCUT2D eigenvalue weighted by atomic mass is 16.6. The van der Waals surface area contributed by atoms with E-state index in [1.807, 2.05) is 43.3 Å². The Bertz CT molecular complexity index is 1070. The minimum absolute atomic E-state index is 0.292. The molecule has 2 aromatic carbocycles. The lowest BCUT2D eigenvalue weighted by Crippen LogP contribution is -2.45. The van der Waals surface area contributed by atoms with Gasteiger partial charge in [0.1, 0.15) is 11.5 Å². The van der Waals surface area contributed by atoms with Crippen molar-refractivity contribution in [1.82, 2.24) is 9.80 Å².